The number of anilines is 1. The van der Waals surface area contributed by atoms with Gasteiger partial charge in [0.1, 0.15) is 10.7 Å². The second kappa shape index (κ2) is 4.49. The van der Waals surface area contributed by atoms with Crippen LogP contribution in [0.4, 0.5) is 10.1 Å². The highest BCUT2D eigenvalue weighted by atomic mass is 32.2. The number of hydrogen-bond donors (Lipinski definition) is 2. The molecule has 1 fully saturated rings. The van der Waals surface area contributed by atoms with Crippen molar-refractivity contribution in [1.29, 1.82) is 0 Å². The van der Waals surface area contributed by atoms with Crippen LogP contribution < -0.4 is 10.5 Å². The summed E-state index contributed by atoms with van der Waals surface area (Å²) in [6, 6.07) is 3.79. The van der Waals surface area contributed by atoms with Crippen LogP contribution >= 0.6 is 0 Å². The Morgan fingerprint density at radius 1 is 1.50 bits per heavy atom. The third-order valence-corrected chi connectivity index (χ3v) is 4.60. The Hall–Kier alpha value is -1.18. The number of halogens is 1. The molecule has 0 aromatic heterocycles. The Balaban J connectivity index is 2.37. The van der Waals surface area contributed by atoms with Crippen molar-refractivity contribution < 1.29 is 17.5 Å². The van der Waals surface area contributed by atoms with E-state index in [2.05, 4.69) is 4.72 Å². The van der Waals surface area contributed by atoms with Gasteiger partial charge in [-0.05, 0) is 25.5 Å². The van der Waals surface area contributed by atoms with E-state index < -0.39 is 26.3 Å². The normalized spacial score (nSPS) is 24.3. The molecule has 1 aromatic rings. The topological polar surface area (TPSA) is 81.4 Å². The zero-order valence-electron chi connectivity index (χ0n) is 9.94. The van der Waals surface area contributed by atoms with Gasteiger partial charge in [0.15, 0.2) is 0 Å². The standard InChI is InChI=1S/C11H15FN2O3S/c1-11(5-6-17-7-11)14-18(15,16)10-8(12)3-2-4-9(10)13/h2-4,14H,5-7,13H2,1H3. The van der Waals surface area contributed by atoms with Crippen molar-refractivity contribution in [3.05, 3.63) is 24.0 Å². The lowest BCUT2D eigenvalue weighted by Gasteiger charge is -2.23. The number of sulfonamides is 1. The maximum atomic E-state index is 13.6. The summed E-state index contributed by atoms with van der Waals surface area (Å²) in [5, 5.41) is 0. The third-order valence-electron chi connectivity index (χ3n) is 2.87. The predicted octanol–water partition coefficient (Wildman–Crippen LogP) is 0.865. The molecule has 100 valence electrons. The maximum absolute atomic E-state index is 13.6. The summed E-state index contributed by atoms with van der Waals surface area (Å²) in [6.45, 7) is 2.46. The van der Waals surface area contributed by atoms with Crippen LogP contribution in [0.15, 0.2) is 23.1 Å². The fourth-order valence-electron chi connectivity index (χ4n) is 1.93. The molecular formula is C11H15FN2O3S. The zero-order chi connectivity index (χ0) is 13.4. The summed E-state index contributed by atoms with van der Waals surface area (Å²) in [5.74, 6) is -0.856. The van der Waals surface area contributed by atoms with E-state index in [9.17, 15) is 12.8 Å². The van der Waals surface area contributed by atoms with Crippen molar-refractivity contribution in [3.63, 3.8) is 0 Å². The summed E-state index contributed by atoms with van der Waals surface area (Å²) in [5.41, 5.74) is 4.71. The minimum absolute atomic E-state index is 0.106. The van der Waals surface area contributed by atoms with Crippen molar-refractivity contribution in [2.45, 2.75) is 23.8 Å². The highest BCUT2D eigenvalue weighted by Crippen LogP contribution is 2.25. The zero-order valence-corrected chi connectivity index (χ0v) is 10.8. The SMILES string of the molecule is CC1(NS(=O)(=O)c2c(N)cccc2F)CCOC1. The van der Waals surface area contributed by atoms with Crippen molar-refractivity contribution in [2.75, 3.05) is 18.9 Å². The maximum Gasteiger partial charge on any atom is 0.246 e. The van der Waals surface area contributed by atoms with Crippen LogP contribution in [-0.2, 0) is 14.8 Å². The van der Waals surface area contributed by atoms with Gasteiger partial charge in [-0.1, -0.05) is 6.07 Å². The second-order valence-electron chi connectivity index (χ2n) is 4.63. The monoisotopic (exact) mass is 274 g/mol. The molecular weight excluding hydrogens is 259 g/mol. The molecule has 0 spiro atoms. The molecule has 1 heterocycles. The molecule has 0 radical (unpaired) electrons. The van der Waals surface area contributed by atoms with Gasteiger partial charge in [0, 0.05) is 6.61 Å². The van der Waals surface area contributed by atoms with Crippen molar-refractivity contribution >= 4 is 15.7 Å². The van der Waals surface area contributed by atoms with E-state index in [1.165, 1.54) is 12.1 Å². The molecule has 0 amide bonds. The van der Waals surface area contributed by atoms with E-state index in [1.54, 1.807) is 6.92 Å². The van der Waals surface area contributed by atoms with Gasteiger partial charge in [-0.25, -0.2) is 17.5 Å². The minimum Gasteiger partial charge on any atom is -0.398 e. The molecule has 1 aliphatic rings. The number of rotatable bonds is 3. The molecule has 1 unspecified atom stereocenters. The Morgan fingerprint density at radius 2 is 2.22 bits per heavy atom. The van der Waals surface area contributed by atoms with Gasteiger partial charge in [-0.3, -0.25) is 0 Å². The summed E-state index contributed by atoms with van der Waals surface area (Å²) >= 11 is 0. The third kappa shape index (κ3) is 2.47. The average Bonchev–Trinajstić information content (AvgIpc) is 2.62. The van der Waals surface area contributed by atoms with Crippen LogP contribution in [0.3, 0.4) is 0 Å². The first-order valence-corrected chi connectivity index (χ1v) is 6.98. The molecule has 1 saturated heterocycles. The largest absolute Gasteiger partial charge is 0.398 e. The number of benzene rings is 1. The lowest BCUT2D eigenvalue weighted by molar-refractivity contribution is 0.178. The quantitative estimate of drug-likeness (QED) is 0.801. The smallest absolute Gasteiger partial charge is 0.246 e. The highest BCUT2D eigenvalue weighted by molar-refractivity contribution is 7.89. The first-order valence-electron chi connectivity index (χ1n) is 5.50. The summed E-state index contributed by atoms with van der Waals surface area (Å²) < 4.78 is 45.5. The van der Waals surface area contributed by atoms with Crippen LogP contribution in [0, 0.1) is 5.82 Å². The summed E-state index contributed by atoms with van der Waals surface area (Å²) in [4.78, 5) is -0.502. The van der Waals surface area contributed by atoms with E-state index in [-0.39, 0.29) is 12.3 Å². The number of nitrogen functional groups attached to an aromatic ring is 1. The molecule has 1 aliphatic heterocycles. The van der Waals surface area contributed by atoms with Crippen LogP contribution in [0.25, 0.3) is 0 Å². The molecule has 18 heavy (non-hydrogen) atoms. The van der Waals surface area contributed by atoms with Crippen LogP contribution in [-0.4, -0.2) is 27.2 Å². The first-order chi connectivity index (χ1) is 8.34. The predicted molar refractivity (Wildman–Crippen MR) is 65.0 cm³/mol. The van der Waals surface area contributed by atoms with E-state index in [4.69, 9.17) is 10.5 Å². The first kappa shape index (κ1) is 13.3. The van der Waals surface area contributed by atoms with Crippen LogP contribution in [0.5, 0.6) is 0 Å². The minimum atomic E-state index is -3.99. The van der Waals surface area contributed by atoms with Gasteiger partial charge in [-0.15, -0.1) is 0 Å². The van der Waals surface area contributed by atoms with E-state index in [0.717, 1.165) is 6.07 Å². The molecule has 0 aliphatic carbocycles. The Labute approximate surface area is 105 Å². The average molecular weight is 274 g/mol. The molecule has 1 aromatic carbocycles. The van der Waals surface area contributed by atoms with E-state index in [0.29, 0.717) is 13.0 Å². The molecule has 0 bridgehead atoms. The van der Waals surface area contributed by atoms with Gasteiger partial charge in [0.05, 0.1) is 17.8 Å². The molecule has 0 saturated carbocycles. The Morgan fingerprint density at radius 3 is 2.78 bits per heavy atom. The van der Waals surface area contributed by atoms with Crippen LogP contribution in [0.1, 0.15) is 13.3 Å². The molecule has 1 atom stereocenters. The van der Waals surface area contributed by atoms with E-state index >= 15 is 0 Å². The number of ether oxygens (including phenoxy) is 1. The van der Waals surface area contributed by atoms with Crippen LogP contribution in [0.2, 0.25) is 0 Å². The second-order valence-corrected chi connectivity index (χ2v) is 6.25. The van der Waals surface area contributed by atoms with Crippen molar-refractivity contribution in [3.8, 4) is 0 Å². The number of nitrogens with two attached hydrogens (primary N) is 1. The molecule has 2 rings (SSSR count). The highest BCUT2D eigenvalue weighted by Gasteiger charge is 2.36. The van der Waals surface area contributed by atoms with Gasteiger partial charge in [-0.2, -0.15) is 0 Å². The van der Waals surface area contributed by atoms with Crippen molar-refractivity contribution in [1.82, 2.24) is 4.72 Å². The van der Waals surface area contributed by atoms with Gasteiger partial charge >= 0.3 is 0 Å². The molecule has 3 N–H and O–H groups in total. The lowest BCUT2D eigenvalue weighted by Crippen LogP contribution is -2.46. The number of hydrogen-bond acceptors (Lipinski definition) is 4. The number of nitrogens with one attached hydrogen (secondary N) is 1. The van der Waals surface area contributed by atoms with Gasteiger partial charge < -0.3 is 10.5 Å². The Kier molecular flexibility index (Phi) is 3.31. The summed E-state index contributed by atoms with van der Waals surface area (Å²) in [7, 11) is -3.99. The Bertz CT molecular complexity index is 533. The summed E-state index contributed by atoms with van der Waals surface area (Å²) in [6.07, 6.45) is 0.542. The fraction of sp³-hybridized carbons (Fsp3) is 0.455. The van der Waals surface area contributed by atoms with E-state index in [1.807, 2.05) is 0 Å². The molecule has 7 heteroatoms. The fourth-order valence-corrected chi connectivity index (χ4v) is 3.55. The lowest BCUT2D eigenvalue weighted by atomic mass is 10.0. The molecule has 5 nitrogen and oxygen atoms in total. The van der Waals surface area contributed by atoms with Gasteiger partial charge in [0.2, 0.25) is 10.0 Å². The van der Waals surface area contributed by atoms with Gasteiger partial charge in [0.25, 0.3) is 0 Å². The van der Waals surface area contributed by atoms with Crippen molar-refractivity contribution in [2.24, 2.45) is 0 Å².